The molecule has 0 saturated carbocycles. The molecular weight excluding hydrogens is 463 g/mol. The Morgan fingerprint density at radius 1 is 1.23 bits per heavy atom. The zero-order chi connectivity index (χ0) is 18.3. The number of nitrogens with zero attached hydrogens (tertiary/aromatic N) is 2. The summed E-state index contributed by atoms with van der Waals surface area (Å²) in [6.07, 6.45) is 3.06. The van der Waals surface area contributed by atoms with Crippen LogP contribution < -0.4 is 10.6 Å². The van der Waals surface area contributed by atoms with Gasteiger partial charge in [-0.2, -0.15) is 0 Å². The van der Waals surface area contributed by atoms with Gasteiger partial charge in [0.05, 0.1) is 6.26 Å². The lowest BCUT2D eigenvalue weighted by atomic mass is 9.98. The van der Waals surface area contributed by atoms with Crippen LogP contribution in [-0.4, -0.2) is 58.2 Å². The summed E-state index contributed by atoms with van der Waals surface area (Å²) in [4.78, 5) is 4.28. The van der Waals surface area contributed by atoms with E-state index in [9.17, 15) is 8.42 Å². The molecule has 2 rings (SSSR count). The number of benzene rings is 1. The summed E-state index contributed by atoms with van der Waals surface area (Å²) in [7, 11) is -1.28. The Labute approximate surface area is 174 Å². The lowest BCUT2D eigenvalue weighted by molar-refractivity contribution is 0.275. The average molecular weight is 494 g/mol. The second-order valence-corrected chi connectivity index (χ2v) is 8.73. The fourth-order valence-corrected chi connectivity index (χ4v) is 3.93. The van der Waals surface area contributed by atoms with Crippen LogP contribution in [0.3, 0.4) is 0 Å². The second-order valence-electron chi connectivity index (χ2n) is 6.75. The van der Waals surface area contributed by atoms with Gasteiger partial charge < -0.3 is 10.6 Å². The molecule has 1 aromatic rings. The Kier molecular flexibility index (Phi) is 9.88. The van der Waals surface area contributed by atoms with E-state index in [0.29, 0.717) is 24.9 Å². The van der Waals surface area contributed by atoms with Crippen molar-refractivity contribution in [2.45, 2.75) is 25.7 Å². The molecule has 0 radical (unpaired) electrons. The quantitative estimate of drug-likeness (QED) is 0.362. The summed E-state index contributed by atoms with van der Waals surface area (Å²) in [6.45, 7) is 5.05. The molecule has 0 amide bonds. The lowest BCUT2D eigenvalue weighted by Crippen LogP contribution is -2.44. The van der Waals surface area contributed by atoms with Gasteiger partial charge in [-0.05, 0) is 30.2 Å². The van der Waals surface area contributed by atoms with Crippen molar-refractivity contribution >= 4 is 40.0 Å². The largest absolute Gasteiger partial charge is 0.356 e. The van der Waals surface area contributed by atoms with Gasteiger partial charge in [0.15, 0.2) is 5.96 Å². The third kappa shape index (κ3) is 7.40. The molecule has 1 aliphatic heterocycles. The minimum absolute atomic E-state index is 0. The molecule has 0 spiro atoms. The zero-order valence-corrected chi connectivity index (χ0v) is 19.0. The number of rotatable bonds is 6. The van der Waals surface area contributed by atoms with Crippen molar-refractivity contribution in [3.05, 3.63) is 35.9 Å². The molecule has 6 nitrogen and oxygen atoms in total. The van der Waals surface area contributed by atoms with Gasteiger partial charge in [-0.25, -0.2) is 12.7 Å². The Balaban J connectivity index is 0.00000338. The summed E-state index contributed by atoms with van der Waals surface area (Å²) in [5.74, 6) is 1.68. The van der Waals surface area contributed by atoms with Crippen LogP contribution in [0, 0.1) is 5.92 Å². The topological polar surface area (TPSA) is 73.8 Å². The van der Waals surface area contributed by atoms with Crippen molar-refractivity contribution in [1.29, 1.82) is 0 Å². The Hall–Kier alpha value is -0.870. The van der Waals surface area contributed by atoms with Gasteiger partial charge in [-0.1, -0.05) is 37.3 Å². The van der Waals surface area contributed by atoms with Crippen LogP contribution in [0.4, 0.5) is 0 Å². The summed E-state index contributed by atoms with van der Waals surface area (Å²) in [5.41, 5.74) is 1.30. The van der Waals surface area contributed by atoms with Gasteiger partial charge in [-0.3, -0.25) is 4.99 Å². The normalized spacial score (nSPS) is 18.0. The Morgan fingerprint density at radius 2 is 1.85 bits per heavy atom. The van der Waals surface area contributed by atoms with Crippen molar-refractivity contribution in [2.24, 2.45) is 10.9 Å². The molecule has 1 saturated heterocycles. The van der Waals surface area contributed by atoms with E-state index < -0.39 is 10.0 Å². The van der Waals surface area contributed by atoms with E-state index in [-0.39, 0.29) is 24.0 Å². The summed E-state index contributed by atoms with van der Waals surface area (Å²) < 4.78 is 24.7. The molecule has 8 heteroatoms. The van der Waals surface area contributed by atoms with Gasteiger partial charge in [0.1, 0.15) is 0 Å². The molecule has 2 N–H and O–H groups in total. The van der Waals surface area contributed by atoms with Crippen LogP contribution in [0.2, 0.25) is 0 Å². The van der Waals surface area contributed by atoms with E-state index in [0.717, 1.165) is 31.9 Å². The molecule has 0 aliphatic carbocycles. The van der Waals surface area contributed by atoms with Crippen LogP contribution in [0.15, 0.2) is 35.3 Å². The number of hydrogen-bond acceptors (Lipinski definition) is 3. The predicted molar refractivity (Wildman–Crippen MR) is 119 cm³/mol. The number of nitrogens with one attached hydrogen (secondary N) is 2. The van der Waals surface area contributed by atoms with E-state index in [1.165, 1.54) is 11.8 Å². The highest BCUT2D eigenvalue weighted by atomic mass is 127. The molecule has 0 aromatic heterocycles. The van der Waals surface area contributed by atoms with E-state index >= 15 is 0 Å². The number of halogens is 1. The van der Waals surface area contributed by atoms with Crippen LogP contribution in [-0.2, 0) is 10.0 Å². The van der Waals surface area contributed by atoms with E-state index in [2.05, 4.69) is 46.8 Å². The maximum Gasteiger partial charge on any atom is 0.211 e. The maximum atomic E-state index is 11.6. The average Bonchev–Trinajstić information content (AvgIpc) is 2.62. The molecule has 1 fully saturated rings. The van der Waals surface area contributed by atoms with Crippen LogP contribution in [0.5, 0.6) is 0 Å². The van der Waals surface area contributed by atoms with Crippen LogP contribution in [0.1, 0.15) is 31.2 Å². The van der Waals surface area contributed by atoms with Crippen molar-refractivity contribution < 1.29 is 8.42 Å². The third-order valence-corrected chi connectivity index (χ3v) is 6.07. The first kappa shape index (κ1) is 23.2. The third-order valence-electron chi connectivity index (χ3n) is 4.77. The van der Waals surface area contributed by atoms with E-state index in [4.69, 9.17) is 0 Å². The van der Waals surface area contributed by atoms with Gasteiger partial charge >= 0.3 is 0 Å². The molecule has 1 unspecified atom stereocenters. The highest BCUT2D eigenvalue weighted by Gasteiger charge is 2.24. The second kappa shape index (κ2) is 11.1. The monoisotopic (exact) mass is 494 g/mol. The SMILES string of the molecule is CN=C(NCC1CCN(S(C)(=O)=O)CC1)NCC(C)c1ccccc1.I. The van der Waals surface area contributed by atoms with Crippen molar-refractivity contribution in [1.82, 2.24) is 14.9 Å². The summed E-state index contributed by atoms with van der Waals surface area (Å²) in [6, 6.07) is 10.4. The predicted octanol–water partition coefficient (Wildman–Crippen LogP) is 2.24. The highest BCUT2D eigenvalue weighted by molar-refractivity contribution is 14.0. The molecule has 0 bridgehead atoms. The Morgan fingerprint density at radius 3 is 2.38 bits per heavy atom. The molecule has 1 aliphatic rings. The number of guanidine groups is 1. The van der Waals surface area contributed by atoms with Gasteiger partial charge in [-0.15, -0.1) is 24.0 Å². The van der Waals surface area contributed by atoms with Crippen LogP contribution >= 0.6 is 24.0 Å². The minimum atomic E-state index is -3.05. The maximum absolute atomic E-state index is 11.6. The number of hydrogen-bond donors (Lipinski definition) is 2. The van der Waals surface area contributed by atoms with Gasteiger partial charge in [0.25, 0.3) is 0 Å². The Bertz CT molecular complexity index is 659. The molecule has 1 aromatic carbocycles. The van der Waals surface area contributed by atoms with Crippen molar-refractivity contribution in [3.63, 3.8) is 0 Å². The number of sulfonamides is 1. The summed E-state index contributed by atoms with van der Waals surface area (Å²) >= 11 is 0. The standard InChI is InChI=1S/C18H30N4O2S.HI/c1-15(17-7-5-4-6-8-17)13-20-18(19-2)21-14-16-9-11-22(12-10-16)25(3,23)24;/h4-8,15-16H,9-14H2,1-3H3,(H2,19,20,21);1H. The smallest absolute Gasteiger partial charge is 0.211 e. The number of aliphatic imine (C=N–C) groups is 1. The molecule has 26 heavy (non-hydrogen) atoms. The van der Waals surface area contributed by atoms with Gasteiger partial charge in [0, 0.05) is 33.2 Å². The van der Waals surface area contributed by atoms with Crippen LogP contribution in [0.25, 0.3) is 0 Å². The lowest BCUT2D eigenvalue weighted by Gasteiger charge is -2.30. The number of piperidine rings is 1. The first-order valence-electron chi connectivity index (χ1n) is 8.84. The highest BCUT2D eigenvalue weighted by Crippen LogP contribution is 2.18. The zero-order valence-electron chi connectivity index (χ0n) is 15.8. The molecule has 148 valence electrons. The van der Waals surface area contributed by atoms with Crippen molar-refractivity contribution in [3.8, 4) is 0 Å². The minimum Gasteiger partial charge on any atom is -0.356 e. The first-order chi connectivity index (χ1) is 11.9. The molecular formula is C18H31IN4O2S. The van der Waals surface area contributed by atoms with E-state index in [1.807, 2.05) is 6.07 Å². The fourth-order valence-electron chi connectivity index (χ4n) is 3.06. The summed E-state index contributed by atoms with van der Waals surface area (Å²) in [5, 5.41) is 6.74. The van der Waals surface area contributed by atoms with E-state index in [1.54, 1.807) is 11.4 Å². The molecule has 1 heterocycles. The van der Waals surface area contributed by atoms with Gasteiger partial charge in [0.2, 0.25) is 10.0 Å². The fraction of sp³-hybridized carbons (Fsp3) is 0.611. The van der Waals surface area contributed by atoms with Crippen molar-refractivity contribution in [2.75, 3.05) is 39.5 Å². The molecule has 1 atom stereocenters. The first-order valence-corrected chi connectivity index (χ1v) is 10.7.